The Hall–Kier alpha value is -2.86. The van der Waals surface area contributed by atoms with Crippen molar-refractivity contribution >= 4 is 22.6 Å². The van der Waals surface area contributed by atoms with Gasteiger partial charge in [0.2, 0.25) is 0 Å². The summed E-state index contributed by atoms with van der Waals surface area (Å²) >= 11 is 0. The minimum atomic E-state index is -0.184. The van der Waals surface area contributed by atoms with E-state index in [1.165, 1.54) is 12.8 Å². The third kappa shape index (κ3) is 5.30. The highest BCUT2D eigenvalue weighted by Crippen LogP contribution is 2.26. The number of hydrogen-bond donors (Lipinski definition) is 1. The summed E-state index contributed by atoms with van der Waals surface area (Å²) in [4.78, 5) is 19.9. The van der Waals surface area contributed by atoms with E-state index in [9.17, 15) is 4.79 Å². The molecule has 1 aliphatic heterocycles. The van der Waals surface area contributed by atoms with Crippen molar-refractivity contribution in [1.29, 1.82) is 0 Å². The zero-order valence-electron chi connectivity index (χ0n) is 19.6. The molecule has 3 aromatic rings. The number of likely N-dealkylation sites (tertiary alicyclic amines) is 1. The van der Waals surface area contributed by atoms with Gasteiger partial charge in [0.15, 0.2) is 6.61 Å². The molecule has 2 heterocycles. The molecule has 0 radical (unpaired) electrons. The van der Waals surface area contributed by atoms with Gasteiger partial charge in [-0.1, -0.05) is 19.1 Å². The summed E-state index contributed by atoms with van der Waals surface area (Å²) in [6, 6.07) is 14.0. The van der Waals surface area contributed by atoms with Crippen LogP contribution in [0.5, 0.6) is 5.75 Å². The van der Waals surface area contributed by atoms with Crippen molar-refractivity contribution < 1.29 is 9.53 Å². The van der Waals surface area contributed by atoms with Crippen LogP contribution in [0.4, 0.5) is 5.69 Å². The van der Waals surface area contributed by atoms with Crippen molar-refractivity contribution in [2.45, 2.75) is 53.1 Å². The molecule has 1 N–H and O–H groups in total. The van der Waals surface area contributed by atoms with Crippen molar-refractivity contribution in [1.82, 2.24) is 14.5 Å². The Morgan fingerprint density at radius 2 is 1.97 bits per heavy atom. The molecule has 32 heavy (non-hydrogen) atoms. The number of fused-ring (bicyclic) bond motifs is 1. The first-order valence-electron chi connectivity index (χ1n) is 11.6. The number of imidazole rings is 1. The molecule has 1 aromatic heterocycles. The largest absolute Gasteiger partial charge is 0.484 e. The Kier molecular flexibility index (Phi) is 6.80. The lowest BCUT2D eigenvalue weighted by molar-refractivity contribution is -0.118. The third-order valence-corrected chi connectivity index (χ3v) is 6.16. The maximum atomic E-state index is 12.4. The van der Waals surface area contributed by atoms with Crippen LogP contribution in [-0.4, -0.2) is 40.1 Å². The Bertz CT molecular complexity index is 1080. The number of hydrogen-bond acceptors (Lipinski definition) is 4. The van der Waals surface area contributed by atoms with Gasteiger partial charge in [-0.15, -0.1) is 0 Å². The molecule has 0 atom stereocenters. The lowest BCUT2D eigenvalue weighted by Crippen LogP contribution is -2.33. The molecule has 4 rings (SSSR count). The number of aromatic nitrogens is 2. The molecule has 0 bridgehead atoms. The molecular weight excluding hydrogens is 400 g/mol. The molecule has 0 spiro atoms. The van der Waals surface area contributed by atoms with E-state index in [1.807, 2.05) is 43.3 Å². The van der Waals surface area contributed by atoms with Crippen LogP contribution in [0, 0.1) is 12.8 Å². The third-order valence-electron chi connectivity index (χ3n) is 6.16. The molecule has 6 heteroatoms. The van der Waals surface area contributed by atoms with Crippen LogP contribution in [-0.2, 0) is 11.3 Å². The highest BCUT2D eigenvalue weighted by molar-refractivity contribution is 5.94. The second kappa shape index (κ2) is 9.74. The molecule has 170 valence electrons. The fraction of sp³-hybridized carbons (Fsp3) is 0.462. The highest BCUT2D eigenvalue weighted by Gasteiger charge is 2.20. The number of anilines is 1. The summed E-state index contributed by atoms with van der Waals surface area (Å²) in [5.41, 5.74) is 3.86. The zero-order valence-corrected chi connectivity index (χ0v) is 19.6. The van der Waals surface area contributed by atoms with E-state index >= 15 is 0 Å². The number of piperidine rings is 1. The predicted molar refractivity (Wildman–Crippen MR) is 129 cm³/mol. The van der Waals surface area contributed by atoms with E-state index < -0.39 is 0 Å². The SMILES string of the molecule is Cc1cccc(OCC(=O)Nc2ccc3c(c2)nc(CN2CCC(C)CC2)n3C(C)C)c1. The molecule has 0 aliphatic carbocycles. The number of rotatable bonds is 7. The van der Waals surface area contributed by atoms with Gasteiger partial charge in [-0.25, -0.2) is 4.98 Å². The second-order valence-electron chi connectivity index (χ2n) is 9.31. The molecule has 0 unspecified atom stereocenters. The summed E-state index contributed by atoms with van der Waals surface area (Å²) in [5, 5.41) is 2.94. The van der Waals surface area contributed by atoms with E-state index in [0.29, 0.717) is 11.8 Å². The second-order valence-corrected chi connectivity index (χ2v) is 9.31. The van der Waals surface area contributed by atoms with Crippen LogP contribution >= 0.6 is 0 Å². The molecule has 1 aliphatic rings. The van der Waals surface area contributed by atoms with E-state index in [0.717, 1.165) is 53.7 Å². The van der Waals surface area contributed by atoms with Gasteiger partial charge in [0.25, 0.3) is 5.91 Å². The van der Waals surface area contributed by atoms with Gasteiger partial charge in [0, 0.05) is 11.7 Å². The smallest absolute Gasteiger partial charge is 0.262 e. The minimum absolute atomic E-state index is 0.0272. The van der Waals surface area contributed by atoms with Crippen LogP contribution in [0.1, 0.15) is 51.0 Å². The van der Waals surface area contributed by atoms with Gasteiger partial charge in [-0.05, 0) is 88.5 Å². The molecular formula is C26H34N4O2. The number of benzene rings is 2. The van der Waals surface area contributed by atoms with E-state index in [-0.39, 0.29) is 12.5 Å². The molecule has 2 aromatic carbocycles. The Morgan fingerprint density at radius 3 is 2.69 bits per heavy atom. The lowest BCUT2D eigenvalue weighted by Gasteiger charge is -2.30. The number of ether oxygens (including phenoxy) is 1. The molecule has 1 saturated heterocycles. The van der Waals surface area contributed by atoms with Gasteiger partial charge in [0.1, 0.15) is 11.6 Å². The summed E-state index contributed by atoms with van der Waals surface area (Å²) < 4.78 is 7.94. The number of aryl methyl sites for hydroxylation is 1. The topological polar surface area (TPSA) is 59.4 Å². The fourth-order valence-corrected chi connectivity index (χ4v) is 4.39. The molecule has 6 nitrogen and oxygen atoms in total. The molecule has 1 fully saturated rings. The van der Waals surface area contributed by atoms with Gasteiger partial charge in [-0.3, -0.25) is 9.69 Å². The van der Waals surface area contributed by atoms with Crippen LogP contribution in [0.25, 0.3) is 11.0 Å². The number of nitrogens with zero attached hydrogens (tertiary/aromatic N) is 3. The van der Waals surface area contributed by atoms with E-state index in [1.54, 1.807) is 0 Å². The van der Waals surface area contributed by atoms with Gasteiger partial charge >= 0.3 is 0 Å². The average molecular weight is 435 g/mol. The van der Waals surface area contributed by atoms with Gasteiger partial charge in [0.05, 0.1) is 17.6 Å². The molecule has 0 saturated carbocycles. The summed E-state index contributed by atoms with van der Waals surface area (Å²) in [6.07, 6.45) is 2.51. The predicted octanol–water partition coefficient (Wildman–Crippen LogP) is 5.18. The maximum Gasteiger partial charge on any atom is 0.262 e. The number of carbonyl (C=O) groups is 1. The monoisotopic (exact) mass is 434 g/mol. The van der Waals surface area contributed by atoms with Crippen LogP contribution in [0.2, 0.25) is 0 Å². The normalized spacial score (nSPS) is 15.4. The van der Waals surface area contributed by atoms with E-state index in [2.05, 4.69) is 41.6 Å². The Labute approximate surface area is 190 Å². The van der Waals surface area contributed by atoms with Crippen LogP contribution in [0.3, 0.4) is 0 Å². The number of carbonyl (C=O) groups excluding carboxylic acids is 1. The highest BCUT2D eigenvalue weighted by atomic mass is 16.5. The maximum absolute atomic E-state index is 12.4. The van der Waals surface area contributed by atoms with Crippen molar-refractivity contribution in [3.05, 3.63) is 53.9 Å². The van der Waals surface area contributed by atoms with Crippen molar-refractivity contribution in [3.63, 3.8) is 0 Å². The van der Waals surface area contributed by atoms with Crippen molar-refractivity contribution in [2.75, 3.05) is 25.0 Å². The van der Waals surface area contributed by atoms with Crippen molar-refractivity contribution in [3.8, 4) is 5.75 Å². The lowest BCUT2D eigenvalue weighted by atomic mass is 9.99. The number of nitrogens with one attached hydrogen (secondary N) is 1. The van der Waals surface area contributed by atoms with E-state index in [4.69, 9.17) is 9.72 Å². The summed E-state index contributed by atoms with van der Waals surface area (Å²) in [6.45, 7) is 11.8. The number of amides is 1. The first kappa shape index (κ1) is 22.3. The van der Waals surface area contributed by atoms with Crippen LogP contribution in [0.15, 0.2) is 42.5 Å². The van der Waals surface area contributed by atoms with Gasteiger partial charge < -0.3 is 14.6 Å². The first-order chi connectivity index (χ1) is 15.4. The van der Waals surface area contributed by atoms with Crippen molar-refractivity contribution in [2.24, 2.45) is 5.92 Å². The minimum Gasteiger partial charge on any atom is -0.484 e. The Balaban J connectivity index is 1.46. The van der Waals surface area contributed by atoms with Gasteiger partial charge in [-0.2, -0.15) is 0 Å². The summed E-state index contributed by atoms with van der Waals surface area (Å²) in [5.74, 6) is 2.42. The fourth-order valence-electron chi connectivity index (χ4n) is 4.39. The quantitative estimate of drug-likeness (QED) is 0.557. The first-order valence-corrected chi connectivity index (χ1v) is 11.6. The Morgan fingerprint density at radius 1 is 1.19 bits per heavy atom. The zero-order chi connectivity index (χ0) is 22.7. The summed E-state index contributed by atoms with van der Waals surface area (Å²) in [7, 11) is 0. The average Bonchev–Trinajstić information content (AvgIpc) is 3.11. The standard InChI is InChI=1S/C26H34N4O2/c1-18(2)30-24-9-8-21(27-26(31)17-32-22-7-5-6-20(4)14-22)15-23(24)28-25(30)16-29-12-10-19(3)11-13-29/h5-9,14-15,18-19H,10-13,16-17H2,1-4H3,(H,27,31). The van der Waals surface area contributed by atoms with Crippen LogP contribution < -0.4 is 10.1 Å². The molecule has 1 amide bonds.